The molecule has 2 nitrogen and oxygen atoms in total. The summed E-state index contributed by atoms with van der Waals surface area (Å²) in [7, 11) is 1.72. The minimum atomic E-state index is 0.603. The Morgan fingerprint density at radius 2 is 2.00 bits per heavy atom. The highest BCUT2D eigenvalue weighted by Crippen LogP contribution is 2.40. The van der Waals surface area contributed by atoms with E-state index in [1.807, 2.05) is 12.1 Å². The van der Waals surface area contributed by atoms with Crippen molar-refractivity contribution in [2.75, 3.05) is 12.4 Å². The highest BCUT2D eigenvalue weighted by atomic mass is 79.9. The van der Waals surface area contributed by atoms with Crippen molar-refractivity contribution in [1.29, 1.82) is 0 Å². The lowest BCUT2D eigenvalue weighted by atomic mass is 10.1. The molecule has 0 heterocycles. The van der Waals surface area contributed by atoms with Crippen LogP contribution in [0.3, 0.4) is 0 Å². The zero-order valence-corrected chi connectivity index (χ0v) is 13.8. The van der Waals surface area contributed by atoms with E-state index in [2.05, 4.69) is 51.6 Å². The van der Waals surface area contributed by atoms with E-state index in [1.165, 1.54) is 29.5 Å². The van der Waals surface area contributed by atoms with E-state index in [4.69, 9.17) is 4.74 Å². The lowest BCUT2D eigenvalue weighted by Crippen LogP contribution is -2.04. The van der Waals surface area contributed by atoms with E-state index in [1.54, 1.807) is 7.11 Å². The first-order chi connectivity index (χ1) is 10.3. The zero-order chi connectivity index (χ0) is 14.7. The molecule has 0 atom stereocenters. The Kier molecular flexibility index (Phi) is 4.61. The van der Waals surface area contributed by atoms with Crippen LogP contribution in [-0.4, -0.2) is 7.11 Å². The van der Waals surface area contributed by atoms with Crippen LogP contribution in [-0.2, 0) is 17.9 Å². The van der Waals surface area contributed by atoms with Crippen LogP contribution in [0.5, 0.6) is 0 Å². The monoisotopic (exact) mass is 345 g/mol. The van der Waals surface area contributed by atoms with Gasteiger partial charge in [-0.3, -0.25) is 0 Å². The number of halogens is 1. The number of benzene rings is 2. The van der Waals surface area contributed by atoms with Crippen molar-refractivity contribution in [2.24, 2.45) is 0 Å². The van der Waals surface area contributed by atoms with Gasteiger partial charge in [0, 0.05) is 29.4 Å². The van der Waals surface area contributed by atoms with Crippen molar-refractivity contribution in [3.63, 3.8) is 0 Å². The number of nitrogens with one attached hydrogen (secondary N) is 1. The molecular formula is C18H20BrNO. The second-order valence-electron chi connectivity index (χ2n) is 5.57. The van der Waals surface area contributed by atoms with Crippen LogP contribution in [0.25, 0.3) is 0 Å². The molecule has 110 valence electrons. The van der Waals surface area contributed by atoms with Gasteiger partial charge in [-0.05, 0) is 42.0 Å². The van der Waals surface area contributed by atoms with Gasteiger partial charge in [0.2, 0.25) is 0 Å². The van der Waals surface area contributed by atoms with E-state index in [0.29, 0.717) is 6.61 Å². The SMILES string of the molecule is COCc1c(Br)cccc1NCc1cccc(C2CC2)c1. The topological polar surface area (TPSA) is 21.3 Å². The number of hydrogen-bond donors (Lipinski definition) is 1. The average molecular weight is 346 g/mol. The molecule has 2 aromatic rings. The fourth-order valence-corrected chi connectivity index (χ4v) is 3.07. The summed E-state index contributed by atoms with van der Waals surface area (Å²) in [6.45, 7) is 1.44. The third kappa shape index (κ3) is 3.66. The molecule has 0 unspecified atom stereocenters. The van der Waals surface area contributed by atoms with Gasteiger partial charge in [0.05, 0.1) is 6.61 Å². The number of anilines is 1. The largest absolute Gasteiger partial charge is 0.381 e. The van der Waals surface area contributed by atoms with E-state index in [-0.39, 0.29) is 0 Å². The Morgan fingerprint density at radius 3 is 2.76 bits per heavy atom. The van der Waals surface area contributed by atoms with Crippen LogP contribution in [0.2, 0.25) is 0 Å². The molecule has 0 aliphatic heterocycles. The fraction of sp³-hybridized carbons (Fsp3) is 0.333. The van der Waals surface area contributed by atoms with E-state index in [0.717, 1.165) is 22.6 Å². The van der Waals surface area contributed by atoms with Crippen molar-refractivity contribution >= 4 is 21.6 Å². The molecular weight excluding hydrogens is 326 g/mol. The van der Waals surface area contributed by atoms with Crippen LogP contribution in [0.4, 0.5) is 5.69 Å². The third-order valence-electron chi connectivity index (χ3n) is 3.89. The van der Waals surface area contributed by atoms with Crippen LogP contribution >= 0.6 is 15.9 Å². The highest BCUT2D eigenvalue weighted by molar-refractivity contribution is 9.10. The normalized spacial score (nSPS) is 14.2. The Bertz CT molecular complexity index is 622. The second kappa shape index (κ2) is 6.63. The summed E-state index contributed by atoms with van der Waals surface area (Å²) in [5, 5.41) is 3.53. The van der Waals surface area contributed by atoms with Crippen molar-refractivity contribution in [3.05, 3.63) is 63.6 Å². The molecule has 1 aliphatic rings. The Morgan fingerprint density at radius 1 is 1.19 bits per heavy atom. The van der Waals surface area contributed by atoms with E-state index >= 15 is 0 Å². The Labute approximate surface area is 134 Å². The number of rotatable bonds is 6. The van der Waals surface area contributed by atoms with Crippen molar-refractivity contribution < 1.29 is 4.74 Å². The van der Waals surface area contributed by atoms with Crippen LogP contribution in [0.15, 0.2) is 46.9 Å². The fourth-order valence-electron chi connectivity index (χ4n) is 2.59. The quantitative estimate of drug-likeness (QED) is 0.787. The molecule has 2 aromatic carbocycles. The molecule has 3 heteroatoms. The molecule has 21 heavy (non-hydrogen) atoms. The molecule has 0 saturated heterocycles. The third-order valence-corrected chi connectivity index (χ3v) is 4.63. The first kappa shape index (κ1) is 14.6. The molecule has 0 aromatic heterocycles. The summed E-state index contributed by atoms with van der Waals surface area (Å²) in [6, 6.07) is 15.1. The number of hydrogen-bond acceptors (Lipinski definition) is 2. The first-order valence-electron chi connectivity index (χ1n) is 7.37. The Balaban J connectivity index is 1.72. The maximum atomic E-state index is 5.29. The van der Waals surface area contributed by atoms with Gasteiger partial charge in [0.15, 0.2) is 0 Å². The van der Waals surface area contributed by atoms with Gasteiger partial charge in [0.25, 0.3) is 0 Å². The van der Waals surface area contributed by atoms with Crippen molar-refractivity contribution in [1.82, 2.24) is 0 Å². The van der Waals surface area contributed by atoms with Gasteiger partial charge in [-0.2, -0.15) is 0 Å². The molecule has 0 amide bonds. The molecule has 1 aliphatic carbocycles. The summed E-state index contributed by atoms with van der Waals surface area (Å²) in [6.07, 6.45) is 2.70. The molecule has 0 radical (unpaired) electrons. The van der Waals surface area contributed by atoms with Gasteiger partial charge < -0.3 is 10.1 Å². The standard InChI is InChI=1S/C18H20BrNO/c1-21-12-16-17(19)6-3-7-18(16)20-11-13-4-2-5-15(10-13)14-8-9-14/h2-7,10,14,20H,8-9,11-12H2,1H3. The molecule has 0 bridgehead atoms. The summed E-state index contributed by atoms with van der Waals surface area (Å²) >= 11 is 3.59. The summed E-state index contributed by atoms with van der Waals surface area (Å²) < 4.78 is 6.37. The van der Waals surface area contributed by atoms with Crippen LogP contribution < -0.4 is 5.32 Å². The van der Waals surface area contributed by atoms with Gasteiger partial charge in [0.1, 0.15) is 0 Å². The number of methoxy groups -OCH3 is 1. The first-order valence-corrected chi connectivity index (χ1v) is 8.16. The van der Waals surface area contributed by atoms with Gasteiger partial charge in [-0.15, -0.1) is 0 Å². The van der Waals surface area contributed by atoms with Gasteiger partial charge >= 0.3 is 0 Å². The lowest BCUT2D eigenvalue weighted by Gasteiger charge is -2.14. The predicted molar refractivity (Wildman–Crippen MR) is 90.6 cm³/mol. The van der Waals surface area contributed by atoms with Gasteiger partial charge in [-0.25, -0.2) is 0 Å². The zero-order valence-electron chi connectivity index (χ0n) is 12.2. The number of ether oxygens (including phenoxy) is 1. The van der Waals surface area contributed by atoms with E-state index in [9.17, 15) is 0 Å². The molecule has 1 N–H and O–H groups in total. The van der Waals surface area contributed by atoms with Crippen LogP contribution in [0.1, 0.15) is 35.4 Å². The molecule has 1 fully saturated rings. The molecule has 1 saturated carbocycles. The molecule has 0 spiro atoms. The van der Waals surface area contributed by atoms with Crippen LogP contribution in [0, 0.1) is 0 Å². The predicted octanol–water partition coefficient (Wildman–Crippen LogP) is 5.09. The minimum Gasteiger partial charge on any atom is -0.381 e. The minimum absolute atomic E-state index is 0.603. The molecule has 3 rings (SSSR count). The maximum Gasteiger partial charge on any atom is 0.0744 e. The summed E-state index contributed by atoms with van der Waals surface area (Å²) in [5.41, 5.74) is 5.12. The van der Waals surface area contributed by atoms with Crippen molar-refractivity contribution in [3.8, 4) is 0 Å². The summed E-state index contributed by atoms with van der Waals surface area (Å²) in [5.74, 6) is 0.805. The summed E-state index contributed by atoms with van der Waals surface area (Å²) in [4.78, 5) is 0. The van der Waals surface area contributed by atoms with E-state index < -0.39 is 0 Å². The van der Waals surface area contributed by atoms with Crippen molar-refractivity contribution in [2.45, 2.75) is 31.9 Å². The second-order valence-corrected chi connectivity index (χ2v) is 6.43. The maximum absolute atomic E-state index is 5.29. The lowest BCUT2D eigenvalue weighted by molar-refractivity contribution is 0.185. The highest BCUT2D eigenvalue weighted by Gasteiger charge is 2.23. The Hall–Kier alpha value is -1.32. The van der Waals surface area contributed by atoms with Gasteiger partial charge in [-0.1, -0.05) is 46.3 Å². The average Bonchev–Trinajstić information content (AvgIpc) is 3.33. The smallest absolute Gasteiger partial charge is 0.0744 e.